The predicted octanol–water partition coefficient (Wildman–Crippen LogP) is 3.85. The molecule has 1 atom stereocenters. The molecule has 2 rings (SSSR count). The molecule has 2 aromatic rings. The van der Waals surface area contributed by atoms with Gasteiger partial charge in [0.2, 0.25) is 10.0 Å². The van der Waals surface area contributed by atoms with Gasteiger partial charge in [0, 0.05) is 18.8 Å². The average Bonchev–Trinajstić information content (AvgIpc) is 2.73. The zero-order valence-corrected chi connectivity index (χ0v) is 17.3. The average molecular weight is 415 g/mol. The van der Waals surface area contributed by atoms with E-state index in [0.717, 1.165) is 0 Å². The lowest BCUT2D eigenvalue weighted by Crippen LogP contribution is -2.32. The number of carbonyl (C=O) groups is 1. The molecule has 29 heavy (non-hydrogen) atoms. The molecule has 0 radical (unpaired) electrons. The Morgan fingerprint density at radius 1 is 1.07 bits per heavy atom. The first-order valence-corrected chi connectivity index (χ1v) is 10.7. The Balaban J connectivity index is 2.10. The largest absolute Gasteiger partial charge is 0.481 e. The summed E-state index contributed by atoms with van der Waals surface area (Å²) in [5.41, 5.74) is 0.489. The second-order valence-electron chi connectivity index (χ2n) is 6.24. The Labute approximate surface area is 172 Å². The van der Waals surface area contributed by atoms with E-state index in [-0.39, 0.29) is 23.9 Å². The molecule has 0 aliphatic rings. The summed E-state index contributed by atoms with van der Waals surface area (Å²) in [6, 6.07) is 15.1. The molecule has 0 aromatic heterocycles. The molecule has 0 aliphatic heterocycles. The van der Waals surface area contributed by atoms with Crippen LogP contribution < -0.4 is 10.1 Å². The molecule has 0 fully saturated rings. The fraction of sp³-hybridized carbons (Fsp3) is 0.227. The van der Waals surface area contributed by atoms with Crippen LogP contribution in [0.25, 0.3) is 0 Å². The summed E-state index contributed by atoms with van der Waals surface area (Å²) < 4.78 is 32.4. The molecule has 0 heterocycles. The van der Waals surface area contributed by atoms with Gasteiger partial charge in [-0.3, -0.25) is 4.79 Å². The lowest BCUT2D eigenvalue weighted by molar-refractivity contribution is -0.122. The van der Waals surface area contributed by atoms with E-state index in [0.29, 0.717) is 17.9 Å². The van der Waals surface area contributed by atoms with Crippen LogP contribution in [0.4, 0.5) is 5.69 Å². The van der Waals surface area contributed by atoms with E-state index in [4.69, 9.17) is 4.74 Å². The van der Waals surface area contributed by atoms with Gasteiger partial charge in [-0.15, -0.1) is 13.2 Å². The van der Waals surface area contributed by atoms with Crippen molar-refractivity contribution >= 4 is 21.6 Å². The summed E-state index contributed by atoms with van der Waals surface area (Å²) in [6.45, 7) is 9.41. The molecule has 1 unspecified atom stereocenters. The SMILES string of the molecule is C=CCN(CC=C)S(=O)(=O)c1ccc(NC(=O)C(CC)Oc2ccccc2)cc1. The van der Waals surface area contributed by atoms with E-state index in [1.54, 1.807) is 24.3 Å². The Morgan fingerprint density at radius 3 is 2.17 bits per heavy atom. The molecular formula is C22H26N2O4S. The Hall–Kier alpha value is -2.90. The van der Waals surface area contributed by atoms with E-state index < -0.39 is 16.1 Å². The van der Waals surface area contributed by atoms with Crippen molar-refractivity contribution in [3.8, 4) is 5.75 Å². The molecule has 0 bridgehead atoms. The van der Waals surface area contributed by atoms with Crippen LogP contribution in [0, 0.1) is 0 Å². The van der Waals surface area contributed by atoms with E-state index in [2.05, 4.69) is 18.5 Å². The first-order valence-electron chi connectivity index (χ1n) is 9.27. The summed E-state index contributed by atoms with van der Waals surface area (Å²) in [4.78, 5) is 12.7. The minimum absolute atomic E-state index is 0.131. The van der Waals surface area contributed by atoms with Crippen LogP contribution in [0.1, 0.15) is 13.3 Å². The van der Waals surface area contributed by atoms with Crippen LogP contribution in [-0.4, -0.2) is 37.8 Å². The van der Waals surface area contributed by atoms with Crippen LogP contribution in [0.2, 0.25) is 0 Å². The highest BCUT2D eigenvalue weighted by Gasteiger charge is 2.23. The summed E-state index contributed by atoms with van der Waals surface area (Å²) in [5, 5.41) is 2.77. The van der Waals surface area contributed by atoms with E-state index in [1.807, 2.05) is 25.1 Å². The van der Waals surface area contributed by atoms with Gasteiger partial charge in [0.15, 0.2) is 6.10 Å². The molecule has 2 aromatic carbocycles. The van der Waals surface area contributed by atoms with E-state index >= 15 is 0 Å². The number of hydrogen-bond acceptors (Lipinski definition) is 4. The Bertz CT molecular complexity index is 915. The van der Waals surface area contributed by atoms with Gasteiger partial charge >= 0.3 is 0 Å². The maximum atomic E-state index is 12.7. The van der Waals surface area contributed by atoms with Crippen molar-refractivity contribution in [2.24, 2.45) is 0 Å². The van der Waals surface area contributed by atoms with Crippen LogP contribution in [0.15, 0.2) is 84.8 Å². The van der Waals surface area contributed by atoms with Crippen molar-refractivity contribution in [3.63, 3.8) is 0 Å². The number of carbonyl (C=O) groups excluding carboxylic acids is 1. The highest BCUT2D eigenvalue weighted by atomic mass is 32.2. The Morgan fingerprint density at radius 2 is 1.66 bits per heavy atom. The van der Waals surface area contributed by atoms with Crippen LogP contribution in [-0.2, 0) is 14.8 Å². The van der Waals surface area contributed by atoms with Gasteiger partial charge in [-0.25, -0.2) is 8.42 Å². The Kier molecular flexibility index (Phi) is 8.18. The third kappa shape index (κ3) is 6.04. The van der Waals surface area contributed by atoms with Crippen LogP contribution in [0.3, 0.4) is 0 Å². The van der Waals surface area contributed by atoms with Crippen molar-refractivity contribution in [1.82, 2.24) is 4.31 Å². The summed E-state index contributed by atoms with van der Waals surface area (Å²) in [7, 11) is -3.68. The van der Waals surface area contributed by atoms with Crippen molar-refractivity contribution in [2.45, 2.75) is 24.3 Å². The highest BCUT2D eigenvalue weighted by Crippen LogP contribution is 2.19. The molecule has 0 spiro atoms. The number of para-hydroxylation sites is 1. The molecule has 7 heteroatoms. The van der Waals surface area contributed by atoms with Gasteiger partial charge in [-0.2, -0.15) is 4.31 Å². The first-order chi connectivity index (χ1) is 13.9. The topological polar surface area (TPSA) is 75.7 Å². The predicted molar refractivity (Wildman–Crippen MR) is 115 cm³/mol. The summed E-state index contributed by atoms with van der Waals surface area (Å²) >= 11 is 0. The van der Waals surface area contributed by atoms with Crippen molar-refractivity contribution in [2.75, 3.05) is 18.4 Å². The normalized spacial score (nSPS) is 12.2. The number of sulfonamides is 1. The molecule has 0 aliphatic carbocycles. The second-order valence-corrected chi connectivity index (χ2v) is 8.18. The zero-order chi connectivity index (χ0) is 21.3. The lowest BCUT2D eigenvalue weighted by atomic mass is 10.2. The maximum absolute atomic E-state index is 12.7. The van der Waals surface area contributed by atoms with Gasteiger partial charge < -0.3 is 10.1 Å². The van der Waals surface area contributed by atoms with Gasteiger partial charge in [-0.1, -0.05) is 37.3 Å². The molecule has 1 N–H and O–H groups in total. The first kappa shape index (κ1) is 22.4. The number of nitrogens with one attached hydrogen (secondary N) is 1. The third-order valence-corrected chi connectivity index (χ3v) is 5.96. The van der Waals surface area contributed by atoms with Crippen molar-refractivity contribution < 1.29 is 17.9 Å². The number of ether oxygens (including phenoxy) is 1. The maximum Gasteiger partial charge on any atom is 0.265 e. The van der Waals surface area contributed by atoms with Crippen molar-refractivity contribution in [1.29, 1.82) is 0 Å². The summed E-state index contributed by atoms with van der Waals surface area (Å²) in [6.07, 6.45) is 2.88. The number of rotatable bonds is 11. The van der Waals surface area contributed by atoms with Gasteiger partial charge in [0.1, 0.15) is 5.75 Å². The third-order valence-electron chi connectivity index (χ3n) is 4.11. The molecule has 0 saturated carbocycles. The van der Waals surface area contributed by atoms with Crippen molar-refractivity contribution in [3.05, 3.63) is 79.9 Å². The van der Waals surface area contributed by atoms with Crippen LogP contribution >= 0.6 is 0 Å². The van der Waals surface area contributed by atoms with E-state index in [1.165, 1.54) is 28.6 Å². The van der Waals surface area contributed by atoms with Crippen LogP contribution in [0.5, 0.6) is 5.75 Å². The number of amides is 1. The molecule has 154 valence electrons. The van der Waals surface area contributed by atoms with Gasteiger partial charge in [0.25, 0.3) is 5.91 Å². The highest BCUT2D eigenvalue weighted by molar-refractivity contribution is 7.89. The molecular weight excluding hydrogens is 388 g/mol. The summed E-state index contributed by atoms with van der Waals surface area (Å²) in [5.74, 6) is 0.312. The second kappa shape index (κ2) is 10.6. The minimum atomic E-state index is -3.68. The van der Waals surface area contributed by atoms with Gasteiger partial charge in [0.05, 0.1) is 4.90 Å². The number of hydrogen-bond donors (Lipinski definition) is 1. The van der Waals surface area contributed by atoms with Gasteiger partial charge in [-0.05, 0) is 42.8 Å². The minimum Gasteiger partial charge on any atom is -0.481 e. The number of anilines is 1. The fourth-order valence-electron chi connectivity index (χ4n) is 2.63. The lowest BCUT2D eigenvalue weighted by Gasteiger charge is -2.19. The molecule has 0 saturated heterocycles. The molecule has 6 nitrogen and oxygen atoms in total. The fourth-order valence-corrected chi connectivity index (χ4v) is 4.01. The number of nitrogens with zero attached hydrogens (tertiary/aromatic N) is 1. The van der Waals surface area contributed by atoms with E-state index in [9.17, 15) is 13.2 Å². The smallest absolute Gasteiger partial charge is 0.265 e. The molecule has 1 amide bonds. The zero-order valence-electron chi connectivity index (χ0n) is 16.5. The standard InChI is InChI=1S/C22H26N2O4S/c1-4-16-24(17-5-2)29(26,27)20-14-12-18(13-15-20)23-22(25)21(6-3)28-19-10-8-7-9-11-19/h4-5,7-15,21H,1-2,6,16-17H2,3H3,(H,23,25). The quantitative estimate of drug-likeness (QED) is 0.567. The number of benzene rings is 2. The monoisotopic (exact) mass is 414 g/mol.